The molecule has 0 aromatic heterocycles. The molecule has 0 fully saturated rings. The van der Waals surface area contributed by atoms with E-state index in [1.54, 1.807) is 19.1 Å². The molecule has 0 unspecified atom stereocenters. The fourth-order valence-electron chi connectivity index (χ4n) is 1.46. The molecule has 0 aliphatic heterocycles. The van der Waals surface area contributed by atoms with E-state index in [1.165, 1.54) is 6.07 Å². The highest BCUT2D eigenvalue weighted by molar-refractivity contribution is 7.80. The van der Waals surface area contributed by atoms with Gasteiger partial charge in [0.25, 0.3) is 6.43 Å². The zero-order chi connectivity index (χ0) is 12.8. The monoisotopic (exact) mass is 260 g/mol. The van der Waals surface area contributed by atoms with Crippen LogP contribution in [-0.2, 0) is 16.0 Å². The van der Waals surface area contributed by atoms with E-state index in [0.29, 0.717) is 18.6 Å². The van der Waals surface area contributed by atoms with E-state index < -0.39 is 6.43 Å². The summed E-state index contributed by atoms with van der Waals surface area (Å²) in [5.74, 6) is -0.331. The van der Waals surface area contributed by atoms with Gasteiger partial charge in [0.05, 0.1) is 6.61 Å². The lowest BCUT2D eigenvalue weighted by Crippen LogP contribution is -2.06. The van der Waals surface area contributed by atoms with Gasteiger partial charge in [-0.05, 0) is 18.9 Å². The van der Waals surface area contributed by atoms with Gasteiger partial charge in [0, 0.05) is 16.9 Å². The third-order valence-electron chi connectivity index (χ3n) is 2.29. The van der Waals surface area contributed by atoms with E-state index in [4.69, 9.17) is 4.74 Å². The molecular weight excluding hydrogens is 246 g/mol. The Bertz CT molecular complexity index is 394. The molecule has 1 aromatic carbocycles. The lowest BCUT2D eigenvalue weighted by atomic mass is 10.1. The molecule has 0 heterocycles. The second-order valence-electron chi connectivity index (χ2n) is 3.46. The van der Waals surface area contributed by atoms with Crippen LogP contribution in [0.15, 0.2) is 23.1 Å². The summed E-state index contributed by atoms with van der Waals surface area (Å²) in [6.45, 7) is 2.04. The summed E-state index contributed by atoms with van der Waals surface area (Å²) >= 11 is 4.07. The predicted octanol–water partition coefficient (Wildman–Crippen LogP) is 3.41. The maximum absolute atomic E-state index is 12.6. The molecule has 94 valence electrons. The summed E-state index contributed by atoms with van der Waals surface area (Å²) in [5, 5.41) is 0. The number of carbonyl (C=O) groups is 1. The molecule has 0 atom stereocenters. The van der Waals surface area contributed by atoms with Gasteiger partial charge in [-0.2, -0.15) is 0 Å². The van der Waals surface area contributed by atoms with Gasteiger partial charge in [-0.25, -0.2) is 8.78 Å². The number of halogens is 2. The van der Waals surface area contributed by atoms with Crippen LogP contribution in [0.5, 0.6) is 0 Å². The van der Waals surface area contributed by atoms with Crippen LogP contribution in [0.1, 0.15) is 30.9 Å². The van der Waals surface area contributed by atoms with Crippen molar-refractivity contribution in [1.29, 1.82) is 0 Å². The van der Waals surface area contributed by atoms with Crippen molar-refractivity contribution >= 4 is 18.6 Å². The quantitative estimate of drug-likeness (QED) is 0.648. The number of alkyl halides is 2. The Kier molecular flexibility index (Phi) is 5.41. The molecule has 0 bridgehead atoms. The minimum absolute atomic E-state index is 0.102. The van der Waals surface area contributed by atoms with Gasteiger partial charge in [0.2, 0.25) is 0 Å². The lowest BCUT2D eigenvalue weighted by molar-refractivity contribution is -0.143. The minimum atomic E-state index is -2.55. The highest BCUT2D eigenvalue weighted by atomic mass is 32.1. The molecule has 17 heavy (non-hydrogen) atoms. The zero-order valence-electron chi connectivity index (χ0n) is 9.45. The Balaban J connectivity index is 2.72. The van der Waals surface area contributed by atoms with Crippen molar-refractivity contribution < 1.29 is 18.3 Å². The molecule has 5 heteroatoms. The van der Waals surface area contributed by atoms with Gasteiger partial charge in [0.1, 0.15) is 0 Å². The Morgan fingerprint density at radius 3 is 2.76 bits per heavy atom. The third-order valence-corrected chi connectivity index (χ3v) is 2.84. The van der Waals surface area contributed by atoms with Crippen molar-refractivity contribution in [3.8, 4) is 0 Å². The molecule has 1 rings (SSSR count). The van der Waals surface area contributed by atoms with Gasteiger partial charge in [-0.1, -0.05) is 18.2 Å². The van der Waals surface area contributed by atoms with Crippen LogP contribution in [0, 0.1) is 0 Å². The van der Waals surface area contributed by atoms with Crippen molar-refractivity contribution in [3.05, 3.63) is 29.3 Å². The fourth-order valence-corrected chi connectivity index (χ4v) is 1.82. The molecule has 0 saturated carbocycles. The summed E-state index contributed by atoms with van der Waals surface area (Å²) in [6.07, 6.45) is -2.02. The Morgan fingerprint density at radius 2 is 2.18 bits per heavy atom. The van der Waals surface area contributed by atoms with Gasteiger partial charge < -0.3 is 4.74 Å². The maximum Gasteiger partial charge on any atom is 0.306 e. The van der Waals surface area contributed by atoms with E-state index in [-0.39, 0.29) is 22.8 Å². The van der Waals surface area contributed by atoms with E-state index in [1.807, 2.05) is 0 Å². The molecule has 0 aliphatic carbocycles. The standard InChI is InChI=1S/C12H14F2O2S/c1-2-16-10(15)7-6-8-4-3-5-9(11(8)17)12(13)14/h3-5,12,17H,2,6-7H2,1H3. The predicted molar refractivity (Wildman–Crippen MR) is 63.6 cm³/mol. The van der Waals surface area contributed by atoms with Crippen LogP contribution in [0.2, 0.25) is 0 Å². The van der Waals surface area contributed by atoms with Gasteiger partial charge in [-0.15, -0.1) is 12.6 Å². The molecule has 0 saturated heterocycles. The molecule has 1 aromatic rings. The molecule has 2 nitrogen and oxygen atoms in total. The lowest BCUT2D eigenvalue weighted by Gasteiger charge is -2.09. The number of ether oxygens (including phenoxy) is 1. The fraction of sp³-hybridized carbons (Fsp3) is 0.417. The number of carbonyl (C=O) groups excluding carboxylic acids is 1. The van der Waals surface area contributed by atoms with Gasteiger partial charge in [0.15, 0.2) is 0 Å². The highest BCUT2D eigenvalue weighted by Gasteiger charge is 2.14. The van der Waals surface area contributed by atoms with E-state index >= 15 is 0 Å². The number of benzene rings is 1. The van der Waals surface area contributed by atoms with Gasteiger partial charge >= 0.3 is 5.97 Å². The second-order valence-corrected chi connectivity index (χ2v) is 3.91. The summed E-state index contributed by atoms with van der Waals surface area (Å²) in [5.41, 5.74) is 0.536. The first-order valence-corrected chi connectivity index (χ1v) is 5.75. The highest BCUT2D eigenvalue weighted by Crippen LogP contribution is 2.28. The van der Waals surface area contributed by atoms with Crippen LogP contribution < -0.4 is 0 Å². The van der Waals surface area contributed by atoms with Gasteiger partial charge in [-0.3, -0.25) is 4.79 Å². The van der Waals surface area contributed by atoms with Crippen molar-refractivity contribution in [1.82, 2.24) is 0 Å². The van der Waals surface area contributed by atoms with Crippen molar-refractivity contribution in [2.75, 3.05) is 6.61 Å². The van der Waals surface area contributed by atoms with Crippen molar-refractivity contribution in [3.63, 3.8) is 0 Å². The number of hydrogen-bond donors (Lipinski definition) is 1. The molecule has 0 amide bonds. The third kappa shape index (κ3) is 4.00. The first-order chi connectivity index (χ1) is 8.06. The number of aryl methyl sites for hydroxylation is 1. The smallest absolute Gasteiger partial charge is 0.306 e. The summed E-state index contributed by atoms with van der Waals surface area (Å²) < 4.78 is 29.9. The maximum atomic E-state index is 12.6. The van der Waals surface area contributed by atoms with Crippen LogP contribution in [0.4, 0.5) is 8.78 Å². The summed E-state index contributed by atoms with van der Waals surface area (Å²) in [4.78, 5) is 11.4. The first kappa shape index (κ1) is 14.0. The average molecular weight is 260 g/mol. The zero-order valence-corrected chi connectivity index (χ0v) is 10.3. The second kappa shape index (κ2) is 6.59. The number of esters is 1. The van der Waals surface area contributed by atoms with E-state index in [0.717, 1.165) is 0 Å². The number of hydrogen-bond acceptors (Lipinski definition) is 3. The van der Waals surface area contributed by atoms with Crippen LogP contribution in [0.3, 0.4) is 0 Å². The minimum Gasteiger partial charge on any atom is -0.466 e. The Hall–Kier alpha value is -1.10. The average Bonchev–Trinajstić information content (AvgIpc) is 2.27. The SMILES string of the molecule is CCOC(=O)CCc1cccc(C(F)F)c1S. The first-order valence-electron chi connectivity index (χ1n) is 5.30. The summed E-state index contributed by atoms with van der Waals surface area (Å²) in [6, 6.07) is 4.57. The van der Waals surface area contributed by atoms with E-state index in [2.05, 4.69) is 12.6 Å². The Morgan fingerprint density at radius 1 is 1.47 bits per heavy atom. The summed E-state index contributed by atoms with van der Waals surface area (Å²) in [7, 11) is 0. The van der Waals surface area contributed by atoms with E-state index in [9.17, 15) is 13.6 Å². The molecule has 0 N–H and O–H groups in total. The van der Waals surface area contributed by atoms with Crippen LogP contribution >= 0.6 is 12.6 Å². The number of rotatable bonds is 5. The largest absolute Gasteiger partial charge is 0.466 e. The normalized spacial score (nSPS) is 10.6. The van der Waals surface area contributed by atoms with Crippen LogP contribution in [-0.4, -0.2) is 12.6 Å². The number of thiol groups is 1. The van der Waals surface area contributed by atoms with Crippen molar-refractivity contribution in [2.45, 2.75) is 31.1 Å². The molecular formula is C12H14F2O2S. The topological polar surface area (TPSA) is 26.3 Å². The molecule has 0 aliphatic rings. The van der Waals surface area contributed by atoms with Crippen molar-refractivity contribution in [2.24, 2.45) is 0 Å². The van der Waals surface area contributed by atoms with Crippen LogP contribution in [0.25, 0.3) is 0 Å². The Labute approximate surface area is 104 Å². The molecule has 0 radical (unpaired) electrons. The molecule has 0 spiro atoms.